The van der Waals surface area contributed by atoms with E-state index < -0.39 is 0 Å². The Balaban J connectivity index is 2.44. The second-order valence-corrected chi connectivity index (χ2v) is 5.64. The molecule has 0 N–H and O–H groups in total. The van der Waals surface area contributed by atoms with Crippen LogP contribution < -0.4 is 0 Å². The van der Waals surface area contributed by atoms with E-state index in [1.165, 1.54) is 0 Å². The van der Waals surface area contributed by atoms with Gasteiger partial charge in [0.25, 0.3) is 0 Å². The number of halogens is 1. The first-order valence-corrected chi connectivity index (χ1v) is 7.23. The molecule has 1 unspecified atom stereocenters. The second kappa shape index (κ2) is 6.97. The molecule has 1 fully saturated rings. The molecule has 0 aromatic carbocycles. The number of piperazine rings is 1. The molecule has 1 heterocycles. The van der Waals surface area contributed by atoms with Crippen LogP contribution in [0.4, 0.5) is 4.79 Å². The lowest BCUT2D eigenvalue weighted by Gasteiger charge is -2.35. The predicted molar refractivity (Wildman–Crippen MR) is 72.7 cm³/mol. The fraction of sp³-hybridized carbons (Fsp3) is 0.833. The van der Waals surface area contributed by atoms with Gasteiger partial charge in [0.1, 0.15) is 0 Å². The van der Waals surface area contributed by atoms with Crippen LogP contribution in [0.2, 0.25) is 0 Å². The molecule has 1 saturated heterocycles. The van der Waals surface area contributed by atoms with E-state index in [-0.39, 0.29) is 22.7 Å². The molecular formula is C12H21BrN2O3. The van der Waals surface area contributed by atoms with Crippen molar-refractivity contribution < 1.29 is 14.3 Å². The fourth-order valence-electron chi connectivity index (χ4n) is 1.78. The normalized spacial score (nSPS) is 17.8. The number of rotatable bonds is 3. The molecule has 1 aliphatic rings. The van der Waals surface area contributed by atoms with E-state index in [1.54, 1.807) is 16.7 Å². The zero-order chi connectivity index (χ0) is 13.7. The van der Waals surface area contributed by atoms with E-state index in [0.717, 1.165) is 0 Å². The molecule has 0 bridgehead atoms. The Kier molecular flexibility index (Phi) is 5.91. The van der Waals surface area contributed by atoms with Crippen LogP contribution in [0.5, 0.6) is 0 Å². The molecule has 0 aliphatic carbocycles. The van der Waals surface area contributed by atoms with E-state index in [4.69, 9.17) is 4.74 Å². The summed E-state index contributed by atoms with van der Waals surface area (Å²) in [4.78, 5) is 26.9. The SMILES string of the molecule is CCOC(=O)N1CCN(C(=O)C(Br)C(C)C)CC1. The fourth-order valence-corrected chi connectivity index (χ4v) is 2.07. The minimum absolute atomic E-state index is 0.105. The maximum absolute atomic E-state index is 12.1. The molecule has 0 saturated carbocycles. The van der Waals surface area contributed by atoms with Gasteiger partial charge in [-0.2, -0.15) is 0 Å². The minimum Gasteiger partial charge on any atom is -0.450 e. The van der Waals surface area contributed by atoms with E-state index >= 15 is 0 Å². The van der Waals surface area contributed by atoms with Crippen molar-refractivity contribution in [1.29, 1.82) is 0 Å². The van der Waals surface area contributed by atoms with Gasteiger partial charge in [-0.1, -0.05) is 29.8 Å². The summed E-state index contributed by atoms with van der Waals surface area (Å²) >= 11 is 3.42. The van der Waals surface area contributed by atoms with Crippen LogP contribution in [0.3, 0.4) is 0 Å². The molecule has 104 valence electrons. The zero-order valence-corrected chi connectivity index (χ0v) is 12.8. The van der Waals surface area contributed by atoms with Gasteiger partial charge in [0, 0.05) is 26.2 Å². The third kappa shape index (κ3) is 3.86. The van der Waals surface area contributed by atoms with Crippen molar-refractivity contribution >= 4 is 27.9 Å². The number of nitrogens with zero attached hydrogens (tertiary/aromatic N) is 2. The van der Waals surface area contributed by atoms with Crippen molar-refractivity contribution in [3.63, 3.8) is 0 Å². The van der Waals surface area contributed by atoms with Crippen molar-refractivity contribution in [2.75, 3.05) is 32.8 Å². The first kappa shape index (κ1) is 15.3. The molecule has 0 aromatic rings. The smallest absolute Gasteiger partial charge is 0.409 e. The minimum atomic E-state index is -0.288. The van der Waals surface area contributed by atoms with Crippen molar-refractivity contribution in [2.24, 2.45) is 5.92 Å². The summed E-state index contributed by atoms with van der Waals surface area (Å²) in [5.74, 6) is 0.370. The highest BCUT2D eigenvalue weighted by molar-refractivity contribution is 9.10. The number of alkyl halides is 1. The Morgan fingerprint density at radius 2 is 1.67 bits per heavy atom. The number of hydrogen-bond donors (Lipinski definition) is 0. The first-order valence-electron chi connectivity index (χ1n) is 6.32. The maximum atomic E-state index is 12.1. The Bertz CT molecular complexity index is 302. The summed E-state index contributed by atoms with van der Waals surface area (Å²) in [7, 11) is 0. The first-order chi connectivity index (χ1) is 8.47. The van der Waals surface area contributed by atoms with Crippen LogP contribution in [0.25, 0.3) is 0 Å². The number of carbonyl (C=O) groups is 2. The van der Waals surface area contributed by atoms with Gasteiger partial charge < -0.3 is 14.5 Å². The van der Waals surface area contributed by atoms with Gasteiger partial charge in [-0.3, -0.25) is 4.79 Å². The van der Waals surface area contributed by atoms with E-state index in [1.807, 2.05) is 13.8 Å². The second-order valence-electron chi connectivity index (χ2n) is 4.66. The van der Waals surface area contributed by atoms with Gasteiger partial charge in [-0.15, -0.1) is 0 Å². The van der Waals surface area contributed by atoms with Crippen molar-refractivity contribution in [3.05, 3.63) is 0 Å². The number of ether oxygens (including phenoxy) is 1. The van der Waals surface area contributed by atoms with Crippen LogP contribution in [0, 0.1) is 5.92 Å². The molecule has 2 amide bonds. The molecule has 0 radical (unpaired) electrons. The summed E-state index contributed by atoms with van der Waals surface area (Å²) in [6, 6.07) is 0. The zero-order valence-electron chi connectivity index (χ0n) is 11.2. The Hall–Kier alpha value is -0.780. The van der Waals surface area contributed by atoms with Gasteiger partial charge in [0.2, 0.25) is 5.91 Å². The van der Waals surface area contributed by atoms with Gasteiger partial charge in [-0.25, -0.2) is 4.79 Å². The summed E-state index contributed by atoms with van der Waals surface area (Å²) in [6.07, 6.45) is -0.288. The lowest BCUT2D eigenvalue weighted by Crippen LogP contribution is -2.52. The molecule has 0 spiro atoms. The van der Waals surface area contributed by atoms with Crippen molar-refractivity contribution in [3.8, 4) is 0 Å². The van der Waals surface area contributed by atoms with Crippen molar-refractivity contribution in [1.82, 2.24) is 9.80 Å². The molecule has 1 atom stereocenters. The van der Waals surface area contributed by atoms with Gasteiger partial charge in [0.15, 0.2) is 0 Å². The highest BCUT2D eigenvalue weighted by Gasteiger charge is 2.29. The average molecular weight is 321 g/mol. The monoisotopic (exact) mass is 320 g/mol. The lowest BCUT2D eigenvalue weighted by molar-refractivity contribution is -0.132. The third-order valence-corrected chi connectivity index (χ3v) is 4.39. The maximum Gasteiger partial charge on any atom is 0.409 e. The highest BCUT2D eigenvalue weighted by atomic mass is 79.9. The van der Waals surface area contributed by atoms with Crippen LogP contribution in [-0.2, 0) is 9.53 Å². The standard InChI is InChI=1S/C12H21BrN2O3/c1-4-18-12(17)15-7-5-14(6-8-15)11(16)10(13)9(2)3/h9-10H,4-8H2,1-3H3. The van der Waals surface area contributed by atoms with Gasteiger partial charge in [-0.05, 0) is 12.8 Å². The number of amides is 2. The molecule has 5 nitrogen and oxygen atoms in total. The third-order valence-electron chi connectivity index (χ3n) is 2.94. The quantitative estimate of drug-likeness (QED) is 0.744. The van der Waals surface area contributed by atoms with Gasteiger partial charge in [0.05, 0.1) is 11.4 Å². The summed E-state index contributed by atoms with van der Waals surface area (Å²) in [6.45, 7) is 8.42. The Morgan fingerprint density at radius 3 is 2.11 bits per heavy atom. The largest absolute Gasteiger partial charge is 0.450 e. The topological polar surface area (TPSA) is 49.9 Å². The molecule has 18 heavy (non-hydrogen) atoms. The molecule has 0 aromatic heterocycles. The number of hydrogen-bond acceptors (Lipinski definition) is 3. The summed E-state index contributed by atoms with van der Waals surface area (Å²) in [5, 5.41) is 0. The molecular weight excluding hydrogens is 300 g/mol. The van der Waals surface area contributed by atoms with Crippen LogP contribution in [-0.4, -0.2) is 59.4 Å². The molecule has 1 aliphatic heterocycles. The molecule has 6 heteroatoms. The number of carbonyl (C=O) groups excluding carboxylic acids is 2. The summed E-state index contributed by atoms with van der Waals surface area (Å²) < 4.78 is 4.94. The Labute approximate surface area is 117 Å². The van der Waals surface area contributed by atoms with E-state index in [0.29, 0.717) is 32.8 Å². The summed E-state index contributed by atoms with van der Waals surface area (Å²) in [5.41, 5.74) is 0. The van der Waals surface area contributed by atoms with Gasteiger partial charge >= 0.3 is 6.09 Å². The van der Waals surface area contributed by atoms with Crippen LogP contribution in [0.1, 0.15) is 20.8 Å². The predicted octanol–water partition coefficient (Wildman–Crippen LogP) is 1.71. The Morgan fingerprint density at radius 1 is 1.17 bits per heavy atom. The van der Waals surface area contributed by atoms with Crippen LogP contribution >= 0.6 is 15.9 Å². The average Bonchev–Trinajstić information content (AvgIpc) is 2.37. The lowest BCUT2D eigenvalue weighted by atomic mass is 10.1. The molecule has 1 rings (SSSR count). The highest BCUT2D eigenvalue weighted by Crippen LogP contribution is 2.16. The van der Waals surface area contributed by atoms with E-state index in [2.05, 4.69) is 15.9 Å². The van der Waals surface area contributed by atoms with Crippen LogP contribution in [0.15, 0.2) is 0 Å². The van der Waals surface area contributed by atoms with E-state index in [9.17, 15) is 9.59 Å². The van der Waals surface area contributed by atoms with Crippen molar-refractivity contribution in [2.45, 2.75) is 25.6 Å².